The Bertz CT molecular complexity index is 1480. The predicted octanol–water partition coefficient (Wildman–Crippen LogP) is 8.48. The van der Waals surface area contributed by atoms with Crippen molar-refractivity contribution in [3.05, 3.63) is 166 Å². The van der Waals surface area contributed by atoms with Gasteiger partial charge in [0.2, 0.25) is 0 Å². The average Bonchev–Trinajstić information content (AvgIpc) is 3.45. The number of nitrogens with one attached hydrogen (secondary N) is 1. The maximum atomic E-state index is 6.39. The van der Waals surface area contributed by atoms with E-state index in [1.165, 1.54) is 38.9 Å². The Morgan fingerprint density at radius 1 is 0.500 bits per heavy atom. The summed E-state index contributed by atoms with van der Waals surface area (Å²) < 4.78 is 0. The second-order valence-electron chi connectivity index (χ2n) is 9.89. The summed E-state index contributed by atoms with van der Waals surface area (Å²) in [4.78, 5) is 0. The number of hydrogen-bond donors (Lipinski definition) is 1. The van der Waals surface area contributed by atoms with Gasteiger partial charge in [-0.15, -0.1) is 0 Å². The lowest BCUT2D eigenvalue weighted by atomic mass is 9.61. The zero-order valence-electron chi connectivity index (χ0n) is 19.8. The molecule has 2 aliphatic rings. The van der Waals surface area contributed by atoms with Crippen molar-refractivity contribution in [2.75, 3.05) is 0 Å². The quantitative estimate of drug-likeness (QED) is 0.271. The summed E-state index contributed by atoms with van der Waals surface area (Å²) in [6, 6.07) is 48.6. The summed E-state index contributed by atoms with van der Waals surface area (Å²) in [5, 5.41) is 4.93. The van der Waals surface area contributed by atoms with Gasteiger partial charge in [0.15, 0.2) is 0 Å². The number of hydrogen-bond acceptors (Lipinski definition) is 1. The Balaban J connectivity index is 1.60. The second-order valence-corrected chi connectivity index (χ2v) is 10.3. The smallest absolute Gasteiger partial charge is 0.0496 e. The van der Waals surface area contributed by atoms with Crippen LogP contribution in [0, 0.1) is 0 Å². The molecule has 2 heteroatoms. The fraction of sp³-hybridized carbons (Fsp3) is 0.118. The Hall–Kier alpha value is -3.65. The Morgan fingerprint density at radius 2 is 1.00 bits per heavy atom. The number of benzene rings is 5. The zero-order valence-corrected chi connectivity index (χ0v) is 20.6. The molecule has 1 heterocycles. The van der Waals surface area contributed by atoms with Crippen LogP contribution in [0.3, 0.4) is 0 Å². The minimum absolute atomic E-state index is 0.0920. The highest BCUT2D eigenvalue weighted by molar-refractivity contribution is 6.30. The summed E-state index contributed by atoms with van der Waals surface area (Å²) in [5.74, 6) is 0.159. The normalized spacial score (nSPS) is 21.3. The summed E-state index contributed by atoms with van der Waals surface area (Å²) in [7, 11) is 0. The minimum atomic E-state index is -0.289. The third kappa shape index (κ3) is 3.07. The van der Waals surface area contributed by atoms with Gasteiger partial charge in [0, 0.05) is 28.4 Å². The van der Waals surface area contributed by atoms with Gasteiger partial charge in [-0.05, 0) is 51.1 Å². The molecule has 36 heavy (non-hydrogen) atoms. The Morgan fingerprint density at radius 3 is 1.58 bits per heavy atom. The third-order valence-corrected chi connectivity index (χ3v) is 8.43. The van der Waals surface area contributed by atoms with Crippen LogP contribution < -0.4 is 5.32 Å². The van der Waals surface area contributed by atoms with Crippen LogP contribution in [0.2, 0.25) is 5.02 Å². The van der Waals surface area contributed by atoms with Gasteiger partial charge in [0.25, 0.3) is 0 Å². The molecule has 5 aromatic carbocycles. The number of fused-ring (bicyclic) bond motifs is 5. The first-order valence-electron chi connectivity index (χ1n) is 12.6. The van der Waals surface area contributed by atoms with Gasteiger partial charge in [-0.25, -0.2) is 0 Å². The molecular formula is C34H26ClN. The van der Waals surface area contributed by atoms with Crippen LogP contribution in [0.1, 0.15) is 45.8 Å². The van der Waals surface area contributed by atoms with Gasteiger partial charge in [-0.1, -0.05) is 133 Å². The fourth-order valence-electron chi connectivity index (χ4n) is 6.88. The van der Waals surface area contributed by atoms with Crippen LogP contribution in [0.15, 0.2) is 133 Å². The Labute approximate surface area is 217 Å². The molecule has 1 spiro atoms. The highest BCUT2D eigenvalue weighted by Gasteiger charge is 2.61. The molecule has 1 aliphatic carbocycles. The van der Waals surface area contributed by atoms with E-state index in [0.29, 0.717) is 0 Å². The van der Waals surface area contributed by atoms with Gasteiger partial charge >= 0.3 is 0 Å². The molecular weight excluding hydrogens is 458 g/mol. The van der Waals surface area contributed by atoms with E-state index in [1.54, 1.807) is 0 Å². The molecule has 3 atom stereocenters. The molecule has 0 unspecified atom stereocenters. The monoisotopic (exact) mass is 483 g/mol. The molecule has 1 N–H and O–H groups in total. The van der Waals surface area contributed by atoms with Crippen LogP contribution >= 0.6 is 11.6 Å². The number of halogens is 1. The SMILES string of the molecule is Clc1ccc([C@H]2[C@H](c3ccccc3)N[C@@H](c3ccccc3)C23c2ccccc2-c2ccccc23)cc1. The maximum absolute atomic E-state index is 6.39. The summed E-state index contributed by atoms with van der Waals surface area (Å²) in [6.45, 7) is 0. The van der Waals surface area contributed by atoms with Gasteiger partial charge in [-0.3, -0.25) is 0 Å². The van der Waals surface area contributed by atoms with Crippen molar-refractivity contribution in [3.63, 3.8) is 0 Å². The molecule has 0 amide bonds. The lowest BCUT2D eigenvalue weighted by Gasteiger charge is -2.40. The average molecular weight is 484 g/mol. The first kappa shape index (κ1) is 21.6. The standard InChI is InChI=1S/C34H26ClN/c35-26-21-19-23(20-22-26)31-32(24-11-3-1-4-12-24)36-33(25-13-5-2-6-14-25)34(31)29-17-9-7-15-27(29)28-16-8-10-18-30(28)34/h1-22,31-33,36H/t31-,32-,33-/m0/s1. The van der Waals surface area contributed by atoms with Crippen LogP contribution in [0.5, 0.6) is 0 Å². The van der Waals surface area contributed by atoms with Crippen LogP contribution in [0.25, 0.3) is 11.1 Å². The first-order chi connectivity index (χ1) is 17.8. The van der Waals surface area contributed by atoms with Crippen LogP contribution in [-0.2, 0) is 5.41 Å². The lowest BCUT2D eigenvalue weighted by Crippen LogP contribution is -2.36. The van der Waals surface area contributed by atoms with E-state index < -0.39 is 0 Å². The maximum Gasteiger partial charge on any atom is 0.0496 e. The summed E-state index contributed by atoms with van der Waals surface area (Å²) in [6.07, 6.45) is 0. The van der Waals surface area contributed by atoms with Crippen LogP contribution in [0.4, 0.5) is 0 Å². The van der Waals surface area contributed by atoms with E-state index in [-0.39, 0.29) is 23.4 Å². The number of rotatable bonds is 3. The molecule has 0 aromatic heterocycles. The van der Waals surface area contributed by atoms with Gasteiger partial charge in [-0.2, -0.15) is 0 Å². The van der Waals surface area contributed by atoms with Crippen molar-refractivity contribution in [1.29, 1.82) is 0 Å². The van der Waals surface area contributed by atoms with Gasteiger partial charge < -0.3 is 5.32 Å². The molecule has 174 valence electrons. The molecule has 0 bridgehead atoms. The van der Waals surface area contributed by atoms with Crippen molar-refractivity contribution < 1.29 is 0 Å². The Kier molecular flexibility index (Phi) is 5.09. The van der Waals surface area contributed by atoms with E-state index >= 15 is 0 Å². The molecule has 0 saturated carbocycles. The third-order valence-electron chi connectivity index (χ3n) is 8.18. The zero-order chi connectivity index (χ0) is 24.1. The summed E-state index contributed by atoms with van der Waals surface area (Å²) >= 11 is 6.39. The highest BCUT2D eigenvalue weighted by Crippen LogP contribution is 2.67. The molecule has 7 rings (SSSR count). The van der Waals surface area contributed by atoms with E-state index in [2.05, 4.69) is 127 Å². The first-order valence-corrected chi connectivity index (χ1v) is 13.0. The van der Waals surface area contributed by atoms with E-state index in [4.69, 9.17) is 11.6 Å². The second kappa shape index (κ2) is 8.48. The predicted molar refractivity (Wildman–Crippen MR) is 148 cm³/mol. The fourth-order valence-corrected chi connectivity index (χ4v) is 7.00. The van der Waals surface area contributed by atoms with Crippen molar-refractivity contribution in [3.8, 4) is 11.1 Å². The van der Waals surface area contributed by atoms with E-state index in [9.17, 15) is 0 Å². The van der Waals surface area contributed by atoms with Crippen molar-refractivity contribution in [2.24, 2.45) is 0 Å². The molecule has 5 aromatic rings. The topological polar surface area (TPSA) is 12.0 Å². The molecule has 1 nitrogen and oxygen atoms in total. The molecule has 0 radical (unpaired) electrons. The van der Waals surface area contributed by atoms with Gasteiger partial charge in [0.1, 0.15) is 0 Å². The molecule has 1 aliphatic heterocycles. The van der Waals surface area contributed by atoms with Crippen LogP contribution in [-0.4, -0.2) is 0 Å². The minimum Gasteiger partial charge on any atom is -0.301 e. The van der Waals surface area contributed by atoms with E-state index in [1.807, 2.05) is 12.1 Å². The van der Waals surface area contributed by atoms with Crippen molar-refractivity contribution in [2.45, 2.75) is 23.4 Å². The molecule has 1 saturated heterocycles. The van der Waals surface area contributed by atoms with Gasteiger partial charge in [0.05, 0.1) is 0 Å². The summed E-state index contributed by atoms with van der Waals surface area (Å²) in [5.41, 5.74) is 9.08. The van der Waals surface area contributed by atoms with Crippen molar-refractivity contribution >= 4 is 11.6 Å². The lowest BCUT2D eigenvalue weighted by molar-refractivity contribution is 0.420. The molecule has 1 fully saturated rings. The van der Waals surface area contributed by atoms with E-state index in [0.717, 1.165) is 5.02 Å². The highest BCUT2D eigenvalue weighted by atomic mass is 35.5. The van der Waals surface area contributed by atoms with Crippen molar-refractivity contribution in [1.82, 2.24) is 5.32 Å². The largest absolute Gasteiger partial charge is 0.301 e.